The Morgan fingerprint density at radius 1 is 0.452 bits per heavy atom. The summed E-state index contributed by atoms with van der Waals surface area (Å²) < 4.78 is 0. The van der Waals surface area contributed by atoms with Gasteiger partial charge in [-0.2, -0.15) is 0 Å². The number of hydrogen-bond acceptors (Lipinski definition) is 9. The van der Waals surface area contributed by atoms with Gasteiger partial charge in [-0.15, -0.1) is 0 Å². The normalized spacial score (nSPS) is 13.2. The Morgan fingerprint density at radius 2 is 0.823 bits per heavy atom. The third-order valence-corrected chi connectivity index (χ3v) is 10.0. The van der Waals surface area contributed by atoms with Crippen LogP contribution in [0.4, 0.5) is 0 Å². The average molecular weight is 847 g/mol. The van der Waals surface area contributed by atoms with Gasteiger partial charge >= 0.3 is 0 Å². The molecule has 4 rings (SSSR count). The Bertz CT molecular complexity index is 2060. The Labute approximate surface area is 362 Å². The van der Waals surface area contributed by atoms with Gasteiger partial charge in [0.05, 0.1) is 25.2 Å². The van der Waals surface area contributed by atoms with E-state index in [9.17, 15) is 33.6 Å². The Balaban J connectivity index is 1.45. The molecule has 0 aromatic heterocycles. The number of rotatable bonds is 25. The summed E-state index contributed by atoms with van der Waals surface area (Å²) >= 11 is 0. The van der Waals surface area contributed by atoms with Gasteiger partial charge in [0.25, 0.3) is 0 Å². The highest BCUT2D eigenvalue weighted by molar-refractivity contribution is 5.96. The lowest BCUT2D eigenvalue weighted by Gasteiger charge is -2.26. The fourth-order valence-corrected chi connectivity index (χ4v) is 6.61. The Hall–Kier alpha value is -6.71. The molecule has 0 saturated heterocycles. The zero-order chi connectivity index (χ0) is 44.7. The Kier molecular flexibility index (Phi) is 20.0. The molecule has 15 nitrogen and oxygen atoms in total. The maximum Gasteiger partial charge on any atom is 0.243 e. The third-order valence-electron chi connectivity index (χ3n) is 10.0. The molecule has 328 valence electrons. The summed E-state index contributed by atoms with van der Waals surface area (Å²) in [5.41, 5.74) is 15.0. The van der Waals surface area contributed by atoms with Gasteiger partial charge in [0, 0.05) is 12.8 Å². The molecule has 0 saturated carbocycles. The number of amides is 6. The highest BCUT2D eigenvalue weighted by atomic mass is 16.2. The molecular weight excluding hydrogens is 789 g/mol. The highest BCUT2D eigenvalue weighted by Crippen LogP contribution is 2.10. The van der Waals surface area contributed by atoms with Gasteiger partial charge < -0.3 is 43.4 Å². The molecule has 0 aliphatic heterocycles. The second kappa shape index (κ2) is 25.8. The summed E-state index contributed by atoms with van der Waals surface area (Å²) in [6, 6.07) is 31.2. The first kappa shape index (κ1) is 48.0. The van der Waals surface area contributed by atoms with Crippen LogP contribution in [0.2, 0.25) is 0 Å². The number of nitrogens with one attached hydrogen (secondary N) is 6. The molecule has 0 fully saturated rings. The summed E-state index contributed by atoms with van der Waals surface area (Å²) in [5, 5.41) is 16.1. The van der Waals surface area contributed by atoms with Crippen molar-refractivity contribution < 1.29 is 33.6 Å². The molecule has 0 bridgehead atoms. The molecular formula is C47H58N8O7. The van der Waals surface area contributed by atoms with Crippen molar-refractivity contribution in [1.29, 1.82) is 0 Å². The molecule has 5 atom stereocenters. The molecule has 10 N–H and O–H groups in total. The van der Waals surface area contributed by atoms with Gasteiger partial charge in [-0.25, -0.2) is 0 Å². The minimum absolute atomic E-state index is 0.0565. The van der Waals surface area contributed by atoms with Crippen molar-refractivity contribution in [1.82, 2.24) is 31.9 Å². The zero-order valence-corrected chi connectivity index (χ0v) is 35.0. The molecule has 0 heterocycles. The van der Waals surface area contributed by atoms with E-state index in [-0.39, 0.29) is 37.9 Å². The first-order valence-corrected chi connectivity index (χ1v) is 20.8. The molecule has 4 aromatic carbocycles. The summed E-state index contributed by atoms with van der Waals surface area (Å²) in [4.78, 5) is 93.2. The summed E-state index contributed by atoms with van der Waals surface area (Å²) in [7, 11) is 0. The second-order valence-corrected chi connectivity index (χ2v) is 15.1. The van der Waals surface area contributed by atoms with Crippen LogP contribution in [0.5, 0.6) is 0 Å². The van der Waals surface area contributed by atoms with E-state index in [4.69, 9.17) is 11.5 Å². The van der Waals surface area contributed by atoms with Gasteiger partial charge in [-0.3, -0.25) is 33.6 Å². The van der Waals surface area contributed by atoms with Crippen molar-refractivity contribution >= 4 is 41.2 Å². The summed E-state index contributed by atoms with van der Waals surface area (Å²) in [5.74, 6) is -4.02. The van der Waals surface area contributed by atoms with E-state index in [1.807, 2.05) is 72.8 Å². The van der Waals surface area contributed by atoms with E-state index in [1.54, 1.807) is 48.5 Å². The fraction of sp³-hybridized carbons (Fsp3) is 0.340. The smallest absolute Gasteiger partial charge is 0.243 e. The van der Waals surface area contributed by atoms with Crippen LogP contribution in [0.15, 0.2) is 121 Å². The molecule has 0 radical (unpaired) electrons. The lowest BCUT2D eigenvalue weighted by Crippen LogP contribution is -2.58. The van der Waals surface area contributed by atoms with E-state index in [2.05, 4.69) is 31.9 Å². The van der Waals surface area contributed by atoms with Crippen LogP contribution >= 0.6 is 0 Å². The van der Waals surface area contributed by atoms with Gasteiger partial charge in [0.15, 0.2) is 5.78 Å². The largest absolute Gasteiger partial charge is 0.346 e. The summed E-state index contributed by atoms with van der Waals surface area (Å²) in [6.45, 7) is 0.808. The lowest BCUT2D eigenvalue weighted by atomic mass is 10.0. The van der Waals surface area contributed by atoms with Crippen molar-refractivity contribution in [2.75, 3.05) is 19.6 Å². The number of carbonyl (C=O) groups is 7. The van der Waals surface area contributed by atoms with Gasteiger partial charge in [0.1, 0.15) is 18.1 Å². The standard InChI is InChI=1S/C47H58N8O7/c1-32(56)39(27-34-18-8-3-9-19-34)52-42(57)31-51-45(60)40(28-35-20-10-4-11-21-35)55-46(61)38(24-14-15-25-48)54-47(62)41(29-36-22-12-5-13-23-36)53-43(58)30-50-44(59)37(49)26-33-16-6-2-7-17-33/h2-13,16-23,37-41H,14-15,24-31,48-49H2,1H3,(H,50,59)(H,51,60)(H,52,57)(H,53,58)(H,54,62)(H,55,61)/t37?,38-,39?,40?,41?/m0/s1. The quantitative estimate of drug-likeness (QED) is 0.0446. The second-order valence-electron chi connectivity index (χ2n) is 15.1. The maximum atomic E-state index is 14.1. The molecule has 62 heavy (non-hydrogen) atoms. The van der Waals surface area contributed by atoms with Crippen LogP contribution in [-0.2, 0) is 59.2 Å². The minimum atomic E-state index is -1.17. The van der Waals surface area contributed by atoms with E-state index in [0.29, 0.717) is 19.4 Å². The van der Waals surface area contributed by atoms with Crippen LogP contribution in [0.25, 0.3) is 0 Å². The summed E-state index contributed by atoms with van der Waals surface area (Å²) in [6.07, 6.45) is 1.82. The predicted octanol–water partition coefficient (Wildman–Crippen LogP) is 1.17. The number of Topliss-reactive ketones (excluding diaryl/α,β-unsaturated/α-hetero) is 1. The van der Waals surface area contributed by atoms with E-state index < -0.39 is 78.7 Å². The molecule has 0 aliphatic rings. The van der Waals surface area contributed by atoms with Crippen LogP contribution in [0.3, 0.4) is 0 Å². The predicted molar refractivity (Wildman–Crippen MR) is 236 cm³/mol. The van der Waals surface area contributed by atoms with Crippen LogP contribution in [0.1, 0.15) is 48.4 Å². The minimum Gasteiger partial charge on any atom is -0.346 e. The van der Waals surface area contributed by atoms with E-state index >= 15 is 0 Å². The van der Waals surface area contributed by atoms with E-state index in [0.717, 1.165) is 22.3 Å². The van der Waals surface area contributed by atoms with Crippen LogP contribution in [-0.4, -0.2) is 91.1 Å². The molecule has 15 heteroatoms. The highest BCUT2D eigenvalue weighted by Gasteiger charge is 2.30. The number of ketones is 1. The average Bonchev–Trinajstić information content (AvgIpc) is 3.27. The van der Waals surface area contributed by atoms with Crippen LogP contribution < -0.4 is 43.4 Å². The van der Waals surface area contributed by atoms with Crippen LogP contribution in [0, 0.1) is 0 Å². The van der Waals surface area contributed by atoms with Crippen molar-refractivity contribution in [3.05, 3.63) is 144 Å². The molecule has 0 spiro atoms. The van der Waals surface area contributed by atoms with Crippen molar-refractivity contribution in [2.24, 2.45) is 11.5 Å². The number of nitrogens with two attached hydrogens (primary N) is 2. The molecule has 4 unspecified atom stereocenters. The number of carbonyl (C=O) groups excluding carboxylic acids is 7. The topological polar surface area (TPSA) is 244 Å². The van der Waals surface area contributed by atoms with Gasteiger partial charge in [-0.1, -0.05) is 121 Å². The first-order chi connectivity index (χ1) is 29.9. The monoisotopic (exact) mass is 846 g/mol. The SMILES string of the molecule is CC(=O)C(Cc1ccccc1)NC(=O)CNC(=O)C(Cc1ccccc1)NC(=O)[C@H](CCCCN)NC(=O)C(Cc1ccccc1)NC(=O)CNC(=O)C(N)Cc1ccccc1. The number of benzene rings is 4. The molecule has 0 aliphatic carbocycles. The zero-order valence-electron chi connectivity index (χ0n) is 35.0. The van der Waals surface area contributed by atoms with E-state index in [1.165, 1.54) is 6.92 Å². The molecule has 4 aromatic rings. The Morgan fingerprint density at radius 3 is 1.27 bits per heavy atom. The third kappa shape index (κ3) is 17.1. The first-order valence-electron chi connectivity index (χ1n) is 20.8. The number of hydrogen-bond donors (Lipinski definition) is 8. The van der Waals surface area contributed by atoms with Gasteiger partial charge in [-0.05, 0) is 67.8 Å². The van der Waals surface area contributed by atoms with Gasteiger partial charge in [0.2, 0.25) is 35.4 Å². The maximum absolute atomic E-state index is 14.1. The fourth-order valence-electron chi connectivity index (χ4n) is 6.61. The number of unbranched alkanes of at least 4 members (excludes halogenated alkanes) is 1. The van der Waals surface area contributed by atoms with Crippen molar-refractivity contribution in [3.8, 4) is 0 Å². The lowest BCUT2D eigenvalue weighted by molar-refractivity contribution is -0.134. The van der Waals surface area contributed by atoms with Crippen molar-refractivity contribution in [3.63, 3.8) is 0 Å². The van der Waals surface area contributed by atoms with Crippen molar-refractivity contribution in [2.45, 2.75) is 82.1 Å². The molecule has 6 amide bonds.